The minimum atomic E-state index is -1.18. The summed E-state index contributed by atoms with van der Waals surface area (Å²) in [5.41, 5.74) is 3.67. The topological polar surface area (TPSA) is 81.5 Å². The van der Waals surface area contributed by atoms with Crippen molar-refractivity contribution in [2.75, 3.05) is 24.6 Å². The van der Waals surface area contributed by atoms with Gasteiger partial charge < -0.3 is 24.3 Å². The van der Waals surface area contributed by atoms with Gasteiger partial charge in [0, 0.05) is 56.8 Å². The normalized spacial score (nSPS) is 17.5. The van der Waals surface area contributed by atoms with Crippen molar-refractivity contribution in [2.24, 2.45) is 0 Å². The number of aromatic nitrogens is 3. The minimum absolute atomic E-state index is 0.255. The van der Waals surface area contributed by atoms with Crippen molar-refractivity contribution in [3.63, 3.8) is 0 Å². The van der Waals surface area contributed by atoms with Crippen molar-refractivity contribution in [1.29, 1.82) is 0 Å². The van der Waals surface area contributed by atoms with Gasteiger partial charge in [-0.3, -0.25) is 0 Å². The highest BCUT2D eigenvalue weighted by atomic mass is 32.1. The molecule has 0 radical (unpaired) electrons. The van der Waals surface area contributed by atoms with Gasteiger partial charge in [-0.2, -0.15) is 0 Å². The maximum atomic E-state index is 13.0. The number of anilines is 1. The van der Waals surface area contributed by atoms with Gasteiger partial charge in [0.2, 0.25) is 0 Å². The minimum Gasteiger partial charge on any atom is -0.445 e. The monoisotopic (exact) mass is 605 g/mol. The summed E-state index contributed by atoms with van der Waals surface area (Å²) in [6.07, 6.45) is 8.26. The Labute approximate surface area is 254 Å². The number of pyridine rings is 1. The molecule has 5 rings (SSSR count). The van der Waals surface area contributed by atoms with Gasteiger partial charge in [0.15, 0.2) is 0 Å². The van der Waals surface area contributed by atoms with E-state index in [4.69, 9.17) is 19.4 Å². The van der Waals surface area contributed by atoms with E-state index in [-0.39, 0.29) is 18.2 Å². The quantitative estimate of drug-likeness (QED) is 0.141. The molecule has 1 N–H and O–H groups in total. The van der Waals surface area contributed by atoms with Gasteiger partial charge in [0.05, 0.1) is 16.6 Å². The predicted octanol–water partition coefficient (Wildman–Crippen LogP) is 7.46. The van der Waals surface area contributed by atoms with Crippen LogP contribution in [0, 0.1) is 6.92 Å². The van der Waals surface area contributed by atoms with Crippen LogP contribution in [0.2, 0.25) is 25.7 Å². The number of carbonyl (C=O) groups excluding carboxylic acids is 1. The summed E-state index contributed by atoms with van der Waals surface area (Å²) in [4.78, 5) is 26.1. The van der Waals surface area contributed by atoms with Crippen LogP contribution in [0.25, 0.3) is 21.6 Å². The summed E-state index contributed by atoms with van der Waals surface area (Å²) >= 11 is 1.69. The molecule has 0 bridgehead atoms. The first-order valence-corrected chi connectivity index (χ1v) is 19.4. The number of nitrogens with one attached hydrogen (secondary N) is 1. The lowest BCUT2D eigenvalue weighted by atomic mass is 9.86. The fourth-order valence-electron chi connectivity index (χ4n) is 5.54. The van der Waals surface area contributed by atoms with Gasteiger partial charge in [-0.25, -0.2) is 14.8 Å². The number of hydrogen-bond donors (Lipinski definition) is 1. The second-order valence-electron chi connectivity index (χ2n) is 12.5. The Balaban J connectivity index is 1.40. The van der Waals surface area contributed by atoms with E-state index >= 15 is 0 Å². The third-order valence-corrected chi connectivity index (χ3v) is 10.6. The average Bonchev–Trinajstić information content (AvgIpc) is 3.57. The van der Waals surface area contributed by atoms with Crippen LogP contribution in [0.15, 0.2) is 55.0 Å². The molecule has 4 aromatic rings. The molecule has 4 heterocycles. The Morgan fingerprint density at radius 2 is 1.98 bits per heavy atom. The number of benzene rings is 1. The Bertz CT molecular complexity index is 1500. The van der Waals surface area contributed by atoms with Gasteiger partial charge >= 0.3 is 6.09 Å². The first-order valence-electron chi connectivity index (χ1n) is 14.9. The van der Waals surface area contributed by atoms with Gasteiger partial charge in [-0.1, -0.05) is 56.9 Å². The van der Waals surface area contributed by atoms with E-state index in [9.17, 15) is 4.79 Å². The highest BCUT2D eigenvalue weighted by Gasteiger charge is 2.37. The molecule has 1 amide bonds. The number of carbonyl (C=O) groups is 1. The Kier molecular flexibility index (Phi) is 9.34. The smallest absolute Gasteiger partial charge is 0.407 e. The number of nitrogens with zero attached hydrogens (tertiary/aromatic N) is 4. The zero-order valence-electron chi connectivity index (χ0n) is 25.5. The molecule has 3 aromatic heterocycles. The number of amides is 1. The van der Waals surface area contributed by atoms with Crippen molar-refractivity contribution in [3.8, 4) is 10.6 Å². The molecular formula is C32H43N5O3SSi. The zero-order chi connectivity index (χ0) is 29.7. The highest BCUT2D eigenvalue weighted by molar-refractivity contribution is 7.15. The number of ether oxygens (including phenoxy) is 2. The molecule has 1 atom stereocenters. The van der Waals surface area contributed by atoms with Crippen LogP contribution in [0.3, 0.4) is 0 Å². The largest absolute Gasteiger partial charge is 0.445 e. The molecule has 42 heavy (non-hydrogen) atoms. The first kappa shape index (κ1) is 30.3. The summed E-state index contributed by atoms with van der Waals surface area (Å²) in [5.74, 6) is 0. The van der Waals surface area contributed by atoms with Crippen molar-refractivity contribution < 1.29 is 14.3 Å². The van der Waals surface area contributed by atoms with Crippen LogP contribution in [0.1, 0.15) is 36.6 Å². The summed E-state index contributed by atoms with van der Waals surface area (Å²) in [6.45, 7) is 14.4. The van der Waals surface area contributed by atoms with Crippen molar-refractivity contribution in [2.45, 2.75) is 77.7 Å². The maximum Gasteiger partial charge on any atom is 0.407 e. The molecule has 0 aliphatic carbocycles. The fourth-order valence-corrected chi connectivity index (χ4v) is 7.07. The number of fused-ring (bicyclic) bond motifs is 1. The van der Waals surface area contributed by atoms with E-state index < -0.39 is 8.07 Å². The van der Waals surface area contributed by atoms with Crippen LogP contribution in [-0.4, -0.2) is 53.9 Å². The number of hydrogen-bond acceptors (Lipinski definition) is 7. The molecule has 1 unspecified atom stereocenters. The van der Waals surface area contributed by atoms with E-state index in [1.807, 2.05) is 42.7 Å². The second kappa shape index (κ2) is 13.0. The molecule has 224 valence electrons. The van der Waals surface area contributed by atoms with Crippen LogP contribution in [0.4, 0.5) is 10.5 Å². The standard InChI is InChI=1S/C32H43N5O3SSi/c1-6-32(35-31(38)40-21-25-11-8-7-9-12-25)14-10-16-36(22-32)27-13-15-33-29-28(27)26(30-34-19-24(2)41-30)20-37(29)23-39-17-18-42(3,4)5/h7-9,11-13,15,19-20H,6,10,14,16-18,21-23H2,1-5H3,(H,35,38). The SMILES string of the molecule is CCC1(NC(=O)OCc2ccccc2)CCCN(c2ccnc3c2c(-c2ncc(C)s2)cn3COCC[Si](C)(C)C)C1. The third-order valence-electron chi connectivity index (χ3n) is 7.99. The molecule has 0 saturated carbocycles. The van der Waals surface area contributed by atoms with Gasteiger partial charge in [-0.15, -0.1) is 11.3 Å². The molecule has 1 aliphatic heterocycles. The number of thiazole rings is 1. The van der Waals surface area contributed by atoms with Crippen LogP contribution >= 0.6 is 11.3 Å². The number of alkyl carbamates (subject to hydrolysis) is 1. The lowest BCUT2D eigenvalue weighted by Crippen LogP contribution is -2.58. The fraction of sp³-hybridized carbons (Fsp3) is 0.469. The van der Waals surface area contributed by atoms with Crippen LogP contribution in [-0.2, 0) is 22.8 Å². The van der Waals surface area contributed by atoms with E-state index in [1.165, 1.54) is 4.88 Å². The lowest BCUT2D eigenvalue weighted by Gasteiger charge is -2.43. The van der Waals surface area contributed by atoms with E-state index in [0.717, 1.165) is 71.3 Å². The molecule has 10 heteroatoms. The summed E-state index contributed by atoms with van der Waals surface area (Å²) in [6, 6.07) is 13.0. The van der Waals surface area contributed by atoms with Crippen LogP contribution in [0.5, 0.6) is 0 Å². The van der Waals surface area contributed by atoms with Crippen LogP contribution < -0.4 is 10.2 Å². The molecule has 1 aromatic carbocycles. The van der Waals surface area contributed by atoms with E-state index in [2.05, 4.69) is 60.5 Å². The Morgan fingerprint density at radius 1 is 1.17 bits per heavy atom. The predicted molar refractivity (Wildman–Crippen MR) is 174 cm³/mol. The summed E-state index contributed by atoms with van der Waals surface area (Å²) in [7, 11) is -1.18. The van der Waals surface area contributed by atoms with Gasteiger partial charge in [0.1, 0.15) is 24.0 Å². The van der Waals surface area contributed by atoms with Crippen molar-refractivity contribution >= 4 is 42.2 Å². The highest BCUT2D eigenvalue weighted by Crippen LogP contribution is 2.40. The molecule has 1 saturated heterocycles. The van der Waals surface area contributed by atoms with E-state index in [0.29, 0.717) is 13.3 Å². The molecule has 0 spiro atoms. The molecule has 1 aliphatic rings. The summed E-state index contributed by atoms with van der Waals surface area (Å²) in [5, 5.41) is 5.31. The number of piperidine rings is 1. The summed E-state index contributed by atoms with van der Waals surface area (Å²) < 4.78 is 13.9. The van der Waals surface area contributed by atoms with Gasteiger partial charge in [-0.05, 0) is 43.9 Å². The van der Waals surface area contributed by atoms with Gasteiger partial charge in [0.25, 0.3) is 0 Å². The molecular weight excluding hydrogens is 563 g/mol. The Hall–Kier alpha value is -3.21. The third kappa shape index (κ3) is 7.22. The maximum absolute atomic E-state index is 13.0. The lowest BCUT2D eigenvalue weighted by molar-refractivity contribution is 0.0899. The second-order valence-corrected chi connectivity index (χ2v) is 19.4. The van der Waals surface area contributed by atoms with Crippen molar-refractivity contribution in [3.05, 3.63) is 65.4 Å². The average molecular weight is 606 g/mol. The van der Waals surface area contributed by atoms with E-state index in [1.54, 1.807) is 11.3 Å². The Morgan fingerprint density at radius 3 is 2.69 bits per heavy atom. The van der Waals surface area contributed by atoms with Crippen molar-refractivity contribution in [1.82, 2.24) is 19.9 Å². The molecule has 1 fully saturated rings. The first-order chi connectivity index (χ1) is 20.2. The number of aryl methyl sites for hydroxylation is 1. The number of rotatable bonds is 11. The zero-order valence-corrected chi connectivity index (χ0v) is 27.3. The molecule has 8 nitrogen and oxygen atoms in total.